The largest absolute Gasteiger partial charge is 0.324 e. The average molecular weight is 438 g/mol. The molecular weight excluding hydrogens is 416 g/mol. The zero-order valence-electron chi connectivity index (χ0n) is 18.1. The van der Waals surface area contributed by atoms with E-state index in [4.69, 9.17) is 0 Å². The van der Waals surface area contributed by atoms with Gasteiger partial charge in [-0.15, -0.1) is 0 Å². The predicted octanol–water partition coefficient (Wildman–Crippen LogP) is 3.55. The van der Waals surface area contributed by atoms with E-state index in [0.717, 1.165) is 17.5 Å². The summed E-state index contributed by atoms with van der Waals surface area (Å²) < 4.78 is 1.18. The molecule has 3 aromatic carbocycles. The van der Waals surface area contributed by atoms with E-state index in [-0.39, 0.29) is 23.9 Å². The minimum Gasteiger partial charge on any atom is -0.324 e. The van der Waals surface area contributed by atoms with E-state index in [1.54, 1.807) is 41.3 Å². The lowest BCUT2D eigenvalue weighted by atomic mass is 10.1. The number of carbonyl (C=O) groups excluding carboxylic acids is 2. The van der Waals surface area contributed by atoms with Crippen molar-refractivity contribution in [1.29, 1.82) is 0 Å². The molecule has 5 rings (SSSR count). The molecule has 0 unspecified atom stereocenters. The van der Waals surface area contributed by atoms with Crippen LogP contribution >= 0.6 is 0 Å². The molecule has 1 N–H and O–H groups in total. The van der Waals surface area contributed by atoms with E-state index in [1.165, 1.54) is 10.2 Å². The summed E-state index contributed by atoms with van der Waals surface area (Å²) in [5.74, 6) is -0.438. The second-order valence-electron chi connectivity index (χ2n) is 8.05. The summed E-state index contributed by atoms with van der Waals surface area (Å²) >= 11 is 0. The van der Waals surface area contributed by atoms with E-state index in [1.807, 2.05) is 43.3 Å². The number of benzene rings is 3. The Kier molecular flexibility index (Phi) is 5.22. The summed E-state index contributed by atoms with van der Waals surface area (Å²) in [7, 11) is 0. The van der Waals surface area contributed by atoms with Gasteiger partial charge in [-0.1, -0.05) is 36.4 Å². The molecule has 1 aliphatic heterocycles. The van der Waals surface area contributed by atoms with Gasteiger partial charge in [0.2, 0.25) is 5.91 Å². The van der Waals surface area contributed by atoms with E-state index in [2.05, 4.69) is 10.4 Å². The van der Waals surface area contributed by atoms with Gasteiger partial charge < -0.3 is 10.2 Å². The smallest absolute Gasteiger partial charge is 0.275 e. The number of hydrogen-bond acceptors (Lipinski definition) is 4. The Morgan fingerprint density at radius 1 is 0.939 bits per heavy atom. The highest BCUT2D eigenvalue weighted by atomic mass is 16.2. The molecule has 33 heavy (non-hydrogen) atoms. The molecule has 0 saturated heterocycles. The third kappa shape index (κ3) is 3.89. The third-order valence-corrected chi connectivity index (χ3v) is 5.89. The molecule has 0 saturated carbocycles. The van der Waals surface area contributed by atoms with E-state index >= 15 is 0 Å². The third-order valence-electron chi connectivity index (χ3n) is 5.89. The molecule has 7 nitrogen and oxygen atoms in total. The fourth-order valence-electron chi connectivity index (χ4n) is 4.25. The van der Waals surface area contributed by atoms with Crippen LogP contribution < -0.4 is 15.8 Å². The van der Waals surface area contributed by atoms with Crippen molar-refractivity contribution >= 4 is 34.0 Å². The standard InChI is InChI=1S/C26H22N4O3/c1-17-21-7-3-4-8-22(21)26(33)30(28-17)16-24(31)27-20-12-10-19(11-13-20)25(32)29-15-14-18-6-2-5-9-23(18)29/h2-13H,14-16H2,1H3,(H,27,31). The van der Waals surface area contributed by atoms with Gasteiger partial charge in [0.1, 0.15) is 6.54 Å². The van der Waals surface area contributed by atoms with Gasteiger partial charge in [0.05, 0.1) is 11.1 Å². The molecule has 0 atom stereocenters. The van der Waals surface area contributed by atoms with Crippen LogP contribution in [0.2, 0.25) is 0 Å². The van der Waals surface area contributed by atoms with Gasteiger partial charge in [-0.05, 0) is 55.3 Å². The van der Waals surface area contributed by atoms with Crippen LogP contribution in [0.25, 0.3) is 10.8 Å². The molecule has 2 heterocycles. The fourth-order valence-corrected chi connectivity index (χ4v) is 4.25. The normalized spacial score (nSPS) is 12.6. The number of nitrogens with one attached hydrogen (secondary N) is 1. The lowest BCUT2D eigenvalue weighted by Crippen LogP contribution is -2.30. The number of nitrogens with zero attached hydrogens (tertiary/aromatic N) is 3. The molecular formula is C26H22N4O3. The van der Waals surface area contributed by atoms with Crippen molar-refractivity contribution in [3.05, 3.63) is 100.0 Å². The highest BCUT2D eigenvalue weighted by Crippen LogP contribution is 2.29. The highest BCUT2D eigenvalue weighted by molar-refractivity contribution is 6.07. The zero-order chi connectivity index (χ0) is 22.9. The van der Waals surface area contributed by atoms with Gasteiger partial charge in [-0.25, -0.2) is 4.68 Å². The van der Waals surface area contributed by atoms with E-state index in [9.17, 15) is 14.4 Å². The Labute approximate surface area is 190 Å². The van der Waals surface area contributed by atoms with Gasteiger partial charge in [0.15, 0.2) is 0 Å². The van der Waals surface area contributed by atoms with Crippen molar-refractivity contribution in [3.8, 4) is 0 Å². The number of rotatable bonds is 4. The summed E-state index contributed by atoms with van der Waals surface area (Å²) in [5, 5.41) is 8.36. The topological polar surface area (TPSA) is 84.3 Å². The molecule has 7 heteroatoms. The van der Waals surface area contributed by atoms with Gasteiger partial charge >= 0.3 is 0 Å². The SMILES string of the molecule is Cc1nn(CC(=O)Nc2ccc(C(=O)N3CCc4ccccc43)cc2)c(=O)c2ccccc12. The van der Waals surface area contributed by atoms with Crippen LogP contribution in [0.5, 0.6) is 0 Å². The summed E-state index contributed by atoms with van der Waals surface area (Å²) in [6, 6.07) is 21.9. The van der Waals surface area contributed by atoms with Crippen molar-refractivity contribution in [2.24, 2.45) is 0 Å². The van der Waals surface area contributed by atoms with Crippen molar-refractivity contribution in [2.75, 3.05) is 16.8 Å². The maximum absolute atomic E-state index is 13.0. The summed E-state index contributed by atoms with van der Waals surface area (Å²) in [5.41, 5.74) is 3.59. The van der Waals surface area contributed by atoms with E-state index in [0.29, 0.717) is 28.9 Å². The van der Waals surface area contributed by atoms with Gasteiger partial charge in [-0.2, -0.15) is 5.10 Å². The Hall–Kier alpha value is -4.26. The van der Waals surface area contributed by atoms with Crippen LogP contribution in [-0.2, 0) is 17.8 Å². The maximum atomic E-state index is 13.0. The maximum Gasteiger partial charge on any atom is 0.275 e. The van der Waals surface area contributed by atoms with Crippen LogP contribution in [0, 0.1) is 6.92 Å². The van der Waals surface area contributed by atoms with Crippen LogP contribution in [0.1, 0.15) is 21.6 Å². The number of aromatic nitrogens is 2. The average Bonchev–Trinajstić information content (AvgIpc) is 3.27. The van der Waals surface area contributed by atoms with Crippen LogP contribution in [0.4, 0.5) is 11.4 Å². The van der Waals surface area contributed by atoms with Crippen molar-refractivity contribution < 1.29 is 9.59 Å². The minimum atomic E-state index is -0.369. The number of carbonyl (C=O) groups is 2. The Morgan fingerprint density at radius 3 is 2.42 bits per heavy atom. The zero-order valence-corrected chi connectivity index (χ0v) is 18.1. The first-order valence-electron chi connectivity index (χ1n) is 10.8. The quantitative estimate of drug-likeness (QED) is 0.528. The molecule has 0 fully saturated rings. The van der Waals surface area contributed by atoms with Crippen LogP contribution in [-0.4, -0.2) is 28.1 Å². The molecule has 0 bridgehead atoms. The van der Waals surface area contributed by atoms with E-state index < -0.39 is 0 Å². The molecule has 164 valence electrons. The Balaban J connectivity index is 1.29. The lowest BCUT2D eigenvalue weighted by Gasteiger charge is -2.17. The Morgan fingerprint density at radius 2 is 1.64 bits per heavy atom. The first-order chi connectivity index (χ1) is 16.0. The molecule has 0 aliphatic carbocycles. The summed E-state index contributed by atoms with van der Waals surface area (Å²) in [6.45, 7) is 2.27. The van der Waals surface area contributed by atoms with Crippen LogP contribution in [0.15, 0.2) is 77.6 Å². The number of fused-ring (bicyclic) bond motifs is 2. The lowest BCUT2D eigenvalue weighted by molar-refractivity contribution is -0.117. The number of hydrogen-bond donors (Lipinski definition) is 1. The summed E-state index contributed by atoms with van der Waals surface area (Å²) in [6.07, 6.45) is 0.845. The Bertz CT molecular complexity index is 1440. The van der Waals surface area contributed by atoms with Gasteiger partial charge in [0, 0.05) is 28.9 Å². The molecule has 2 amide bonds. The minimum absolute atomic E-state index is 0.0692. The van der Waals surface area contributed by atoms with Crippen molar-refractivity contribution in [2.45, 2.75) is 19.9 Å². The molecule has 0 radical (unpaired) electrons. The molecule has 4 aromatic rings. The first-order valence-corrected chi connectivity index (χ1v) is 10.8. The fraction of sp³-hybridized carbons (Fsp3) is 0.154. The summed E-state index contributed by atoms with van der Waals surface area (Å²) in [4.78, 5) is 40.0. The number of anilines is 2. The van der Waals surface area contributed by atoms with Crippen molar-refractivity contribution in [1.82, 2.24) is 9.78 Å². The molecule has 0 spiro atoms. The number of aryl methyl sites for hydroxylation is 1. The van der Waals surface area contributed by atoms with Gasteiger partial charge in [-0.3, -0.25) is 14.4 Å². The monoisotopic (exact) mass is 438 g/mol. The molecule has 1 aromatic heterocycles. The van der Waals surface area contributed by atoms with Crippen LogP contribution in [0.3, 0.4) is 0 Å². The van der Waals surface area contributed by atoms with Crippen molar-refractivity contribution in [3.63, 3.8) is 0 Å². The highest BCUT2D eigenvalue weighted by Gasteiger charge is 2.25. The van der Waals surface area contributed by atoms with Gasteiger partial charge in [0.25, 0.3) is 11.5 Å². The first kappa shape index (κ1) is 20.6. The predicted molar refractivity (Wildman–Crippen MR) is 128 cm³/mol. The molecule has 1 aliphatic rings. The number of amides is 2. The second kappa shape index (κ2) is 8.35. The second-order valence-corrected chi connectivity index (χ2v) is 8.05. The number of para-hydroxylation sites is 1.